The van der Waals surface area contributed by atoms with Crippen molar-refractivity contribution < 1.29 is 21.6 Å². The maximum atomic E-state index is 12.6. The van der Waals surface area contributed by atoms with Gasteiger partial charge in [-0.2, -0.15) is 17.5 Å². The Balaban J connectivity index is 0.00000392. The van der Waals surface area contributed by atoms with Gasteiger partial charge in [-0.05, 0) is 33.6 Å². The Hall–Kier alpha value is -0.670. The number of rotatable bonds is 5. The molecule has 0 spiro atoms. The van der Waals surface area contributed by atoms with Crippen molar-refractivity contribution in [3.05, 3.63) is 15.6 Å². The second-order valence-corrected chi connectivity index (χ2v) is 9.42. The number of hydrogen-bond acceptors (Lipinski definition) is 5. The first-order chi connectivity index (χ1) is 12.5. The lowest BCUT2D eigenvalue weighted by molar-refractivity contribution is -0.0494. The number of nitrogens with zero attached hydrogens (tertiary/aromatic N) is 3. The van der Waals surface area contributed by atoms with Crippen LogP contribution in [0.1, 0.15) is 35.3 Å². The van der Waals surface area contributed by atoms with Crippen molar-refractivity contribution in [3.8, 4) is 0 Å². The maximum Gasteiger partial charge on any atom is 0.511 e. The van der Waals surface area contributed by atoms with E-state index in [1.54, 1.807) is 11.3 Å². The number of aryl methyl sites for hydroxylation is 2. The molecule has 1 aromatic heterocycles. The Labute approximate surface area is 184 Å². The fourth-order valence-corrected chi connectivity index (χ4v) is 4.62. The number of thiazole rings is 1. The highest BCUT2D eigenvalue weighted by atomic mass is 127. The Kier molecular flexibility index (Phi) is 9.41. The standard InChI is InChI=1S/C15H24F3N5O2S2.HI/c1-4-19-14(20-9-13-10(2)21-11(3)26-13)22-12-5-7-23(8-6-12)27(24,25)15(16,17)18;/h12H,4-9H2,1-3H3,(H2,19,20,22);1H. The van der Waals surface area contributed by atoms with Crippen LogP contribution in [0.3, 0.4) is 0 Å². The molecule has 7 nitrogen and oxygen atoms in total. The van der Waals surface area contributed by atoms with Crippen LogP contribution in [-0.2, 0) is 16.6 Å². The molecule has 0 aromatic carbocycles. The molecule has 0 amide bonds. The monoisotopic (exact) mass is 555 g/mol. The molecule has 0 bridgehead atoms. The maximum absolute atomic E-state index is 12.6. The fraction of sp³-hybridized carbons (Fsp3) is 0.733. The third-order valence-corrected chi connectivity index (χ3v) is 6.84. The largest absolute Gasteiger partial charge is 0.511 e. The van der Waals surface area contributed by atoms with E-state index in [-0.39, 0.29) is 55.9 Å². The molecule has 162 valence electrons. The molecule has 1 aromatic rings. The van der Waals surface area contributed by atoms with Gasteiger partial charge in [0.15, 0.2) is 5.96 Å². The summed E-state index contributed by atoms with van der Waals surface area (Å²) >= 11 is 1.57. The van der Waals surface area contributed by atoms with Crippen molar-refractivity contribution in [1.29, 1.82) is 0 Å². The van der Waals surface area contributed by atoms with Gasteiger partial charge in [0.1, 0.15) is 0 Å². The van der Waals surface area contributed by atoms with Crippen LogP contribution < -0.4 is 10.6 Å². The van der Waals surface area contributed by atoms with Crippen molar-refractivity contribution in [2.24, 2.45) is 4.99 Å². The third kappa shape index (κ3) is 6.42. The summed E-state index contributed by atoms with van der Waals surface area (Å²) in [6.07, 6.45) is 0.552. The normalized spacial score (nSPS) is 17.3. The van der Waals surface area contributed by atoms with Crippen molar-refractivity contribution in [1.82, 2.24) is 19.9 Å². The quantitative estimate of drug-likeness (QED) is 0.332. The van der Waals surface area contributed by atoms with Gasteiger partial charge in [-0.25, -0.2) is 18.4 Å². The first-order valence-corrected chi connectivity index (χ1v) is 10.8. The second kappa shape index (κ2) is 10.4. The molecule has 0 radical (unpaired) electrons. The lowest BCUT2D eigenvalue weighted by Crippen LogP contribution is -2.51. The highest BCUT2D eigenvalue weighted by Crippen LogP contribution is 2.29. The molecule has 1 saturated heterocycles. The highest BCUT2D eigenvalue weighted by molar-refractivity contribution is 14.0. The summed E-state index contributed by atoms with van der Waals surface area (Å²) in [5, 5.41) is 7.25. The Bertz CT molecular complexity index is 775. The minimum Gasteiger partial charge on any atom is -0.357 e. The zero-order chi connectivity index (χ0) is 20.2. The molecule has 2 heterocycles. The van der Waals surface area contributed by atoms with E-state index in [0.717, 1.165) is 15.6 Å². The van der Waals surface area contributed by atoms with E-state index in [9.17, 15) is 21.6 Å². The summed E-state index contributed by atoms with van der Waals surface area (Å²) < 4.78 is 61.4. The lowest BCUT2D eigenvalue weighted by Gasteiger charge is -2.32. The first kappa shape index (κ1) is 25.4. The zero-order valence-corrected chi connectivity index (χ0v) is 19.8. The van der Waals surface area contributed by atoms with Crippen LogP contribution in [0.15, 0.2) is 4.99 Å². The molecule has 0 aliphatic carbocycles. The Morgan fingerprint density at radius 2 is 1.93 bits per heavy atom. The molecule has 2 N–H and O–H groups in total. The molecule has 0 unspecified atom stereocenters. The van der Waals surface area contributed by atoms with Gasteiger partial charge in [0, 0.05) is 30.6 Å². The first-order valence-electron chi connectivity index (χ1n) is 8.58. The third-order valence-electron chi connectivity index (χ3n) is 4.15. The molecule has 1 aliphatic heterocycles. The van der Waals surface area contributed by atoms with Crippen molar-refractivity contribution in [2.45, 2.75) is 51.7 Å². The number of aliphatic imine (C=N–C) groups is 1. The van der Waals surface area contributed by atoms with E-state index < -0.39 is 15.5 Å². The van der Waals surface area contributed by atoms with E-state index in [1.807, 2.05) is 20.8 Å². The van der Waals surface area contributed by atoms with Gasteiger partial charge < -0.3 is 10.6 Å². The molecular formula is C15H25F3IN5O2S2. The Morgan fingerprint density at radius 1 is 1.32 bits per heavy atom. The smallest absolute Gasteiger partial charge is 0.357 e. The minimum absolute atomic E-state index is 0. The van der Waals surface area contributed by atoms with E-state index in [0.29, 0.717) is 23.4 Å². The Morgan fingerprint density at radius 3 is 2.39 bits per heavy atom. The lowest BCUT2D eigenvalue weighted by atomic mass is 10.1. The molecule has 0 saturated carbocycles. The van der Waals surface area contributed by atoms with Crippen LogP contribution in [0, 0.1) is 13.8 Å². The average Bonchev–Trinajstić information content (AvgIpc) is 2.90. The van der Waals surface area contributed by atoms with Crippen LogP contribution in [0.25, 0.3) is 0 Å². The van der Waals surface area contributed by atoms with Crippen LogP contribution >= 0.6 is 35.3 Å². The summed E-state index contributed by atoms with van der Waals surface area (Å²) in [7, 11) is -5.26. The molecule has 1 fully saturated rings. The summed E-state index contributed by atoms with van der Waals surface area (Å²) in [6.45, 7) is 6.50. The summed E-state index contributed by atoms with van der Waals surface area (Å²) in [5.41, 5.74) is -4.32. The summed E-state index contributed by atoms with van der Waals surface area (Å²) in [5.74, 6) is 0.556. The number of guanidine groups is 1. The van der Waals surface area contributed by atoms with E-state index in [4.69, 9.17) is 0 Å². The van der Waals surface area contributed by atoms with Crippen LogP contribution in [-0.4, -0.2) is 54.9 Å². The minimum atomic E-state index is -5.26. The van der Waals surface area contributed by atoms with Crippen molar-refractivity contribution in [2.75, 3.05) is 19.6 Å². The number of hydrogen-bond donors (Lipinski definition) is 2. The number of sulfonamides is 1. The molecule has 1 aliphatic rings. The van der Waals surface area contributed by atoms with Gasteiger partial charge in [-0.3, -0.25) is 0 Å². The summed E-state index contributed by atoms with van der Waals surface area (Å²) in [6, 6.07) is -0.147. The van der Waals surface area contributed by atoms with Gasteiger partial charge in [-0.1, -0.05) is 0 Å². The van der Waals surface area contributed by atoms with E-state index >= 15 is 0 Å². The van der Waals surface area contributed by atoms with E-state index in [2.05, 4.69) is 20.6 Å². The predicted octanol–water partition coefficient (Wildman–Crippen LogP) is 2.75. The predicted molar refractivity (Wildman–Crippen MR) is 115 cm³/mol. The molecule has 0 atom stereocenters. The number of alkyl halides is 3. The van der Waals surface area contributed by atoms with Gasteiger partial charge in [0.05, 0.1) is 17.2 Å². The van der Waals surface area contributed by atoms with Gasteiger partial charge in [-0.15, -0.1) is 35.3 Å². The second-order valence-electron chi connectivity index (χ2n) is 6.21. The van der Waals surface area contributed by atoms with Crippen molar-refractivity contribution in [3.63, 3.8) is 0 Å². The topological polar surface area (TPSA) is 86.7 Å². The summed E-state index contributed by atoms with van der Waals surface area (Å²) in [4.78, 5) is 9.92. The number of aromatic nitrogens is 1. The van der Waals surface area contributed by atoms with Gasteiger partial charge >= 0.3 is 15.5 Å². The van der Waals surface area contributed by atoms with Gasteiger partial charge in [0.2, 0.25) is 0 Å². The van der Waals surface area contributed by atoms with Crippen molar-refractivity contribution >= 4 is 51.3 Å². The zero-order valence-electron chi connectivity index (χ0n) is 15.8. The van der Waals surface area contributed by atoms with Crippen LogP contribution in [0.4, 0.5) is 13.2 Å². The molecule has 28 heavy (non-hydrogen) atoms. The van der Waals surface area contributed by atoms with Crippen LogP contribution in [0.2, 0.25) is 0 Å². The molecule has 2 rings (SSSR count). The molecule has 13 heteroatoms. The average molecular weight is 555 g/mol. The fourth-order valence-electron chi connectivity index (χ4n) is 2.77. The van der Waals surface area contributed by atoms with Crippen LogP contribution in [0.5, 0.6) is 0 Å². The number of piperidine rings is 1. The van der Waals surface area contributed by atoms with E-state index in [1.165, 1.54) is 0 Å². The SMILES string of the molecule is CCNC(=NCc1sc(C)nc1C)NC1CCN(S(=O)(=O)C(F)(F)F)CC1.I. The molecular weight excluding hydrogens is 530 g/mol. The van der Waals surface area contributed by atoms with Gasteiger partial charge in [0.25, 0.3) is 0 Å². The number of nitrogens with one attached hydrogen (secondary N) is 2. The number of halogens is 4. The highest BCUT2D eigenvalue weighted by Gasteiger charge is 2.50.